The van der Waals surface area contributed by atoms with E-state index in [1.807, 2.05) is 0 Å². The van der Waals surface area contributed by atoms with E-state index in [9.17, 15) is 0 Å². The van der Waals surface area contributed by atoms with Crippen molar-refractivity contribution in [1.29, 1.82) is 0 Å². The van der Waals surface area contributed by atoms with Crippen LogP contribution in [0.5, 0.6) is 0 Å². The fourth-order valence-electron chi connectivity index (χ4n) is 2.50. The molecule has 0 bridgehead atoms. The molecule has 17 heavy (non-hydrogen) atoms. The number of hydrogen-bond acceptors (Lipinski definition) is 0. The van der Waals surface area contributed by atoms with Crippen LogP contribution >= 0.6 is 0 Å². The predicted molar refractivity (Wildman–Crippen MR) is 73.2 cm³/mol. The summed E-state index contributed by atoms with van der Waals surface area (Å²) < 4.78 is 0. The van der Waals surface area contributed by atoms with Crippen LogP contribution in [0.25, 0.3) is 0 Å². The van der Waals surface area contributed by atoms with Crippen molar-refractivity contribution in [2.24, 2.45) is 0 Å². The van der Waals surface area contributed by atoms with Gasteiger partial charge in [-0.15, -0.1) is 0 Å². The van der Waals surface area contributed by atoms with Gasteiger partial charge in [-0.05, 0) is 0 Å². The van der Waals surface area contributed by atoms with Gasteiger partial charge in [0.05, 0.1) is 0 Å². The topological polar surface area (TPSA) is 0 Å². The van der Waals surface area contributed by atoms with E-state index in [0.29, 0.717) is 0 Å². The molecule has 0 aliphatic heterocycles. The maximum absolute atomic E-state index is 2.44. The zero-order valence-corrected chi connectivity index (χ0v) is 14.7. The van der Waals surface area contributed by atoms with Gasteiger partial charge in [0.15, 0.2) is 0 Å². The van der Waals surface area contributed by atoms with Gasteiger partial charge in [-0.25, -0.2) is 0 Å². The van der Waals surface area contributed by atoms with Gasteiger partial charge < -0.3 is 12.8 Å². The SMILES string of the molecule is [CH-]1CCCCCCC1.[CH-]1CCCCCCC1.[Zn+2]. The smallest absolute Gasteiger partial charge is 0.328 e. The molecular formula is C16H30Zn. The average Bonchev–Trinajstić information content (AvgIpc) is 2.15. The van der Waals surface area contributed by atoms with Gasteiger partial charge in [0.25, 0.3) is 0 Å². The maximum atomic E-state index is 2.44. The minimum absolute atomic E-state index is 0. The van der Waals surface area contributed by atoms with Gasteiger partial charge in [0.2, 0.25) is 0 Å². The second-order valence-electron chi connectivity index (χ2n) is 5.27. The van der Waals surface area contributed by atoms with E-state index in [4.69, 9.17) is 0 Å². The van der Waals surface area contributed by atoms with Crippen LogP contribution in [0.3, 0.4) is 0 Å². The molecule has 0 amide bonds. The molecule has 0 aromatic heterocycles. The van der Waals surface area contributed by atoms with E-state index in [1.54, 1.807) is 0 Å². The van der Waals surface area contributed by atoms with Crippen molar-refractivity contribution in [3.63, 3.8) is 0 Å². The van der Waals surface area contributed by atoms with Crippen molar-refractivity contribution >= 4 is 0 Å². The third-order valence-corrected chi connectivity index (χ3v) is 3.63. The van der Waals surface area contributed by atoms with Crippen LogP contribution in [-0.2, 0) is 19.5 Å². The third-order valence-electron chi connectivity index (χ3n) is 3.63. The summed E-state index contributed by atoms with van der Waals surface area (Å²) >= 11 is 0. The minimum Gasteiger partial charge on any atom is -0.328 e. The van der Waals surface area contributed by atoms with E-state index < -0.39 is 0 Å². The molecule has 2 saturated carbocycles. The summed E-state index contributed by atoms with van der Waals surface area (Å²) in [7, 11) is 0. The second kappa shape index (κ2) is 14.7. The first-order chi connectivity index (χ1) is 8.00. The van der Waals surface area contributed by atoms with Crippen LogP contribution in [0.2, 0.25) is 0 Å². The molecule has 2 aliphatic rings. The van der Waals surface area contributed by atoms with Gasteiger partial charge in [0.1, 0.15) is 0 Å². The fourth-order valence-corrected chi connectivity index (χ4v) is 2.50. The van der Waals surface area contributed by atoms with E-state index in [0.717, 1.165) is 0 Å². The first-order valence-corrected chi connectivity index (χ1v) is 7.63. The molecule has 0 heterocycles. The zero-order valence-electron chi connectivity index (χ0n) is 11.8. The largest absolute Gasteiger partial charge is 2.00 e. The predicted octanol–water partition coefficient (Wildman–Crippen LogP) is 5.87. The Bertz CT molecular complexity index is 69.5. The third kappa shape index (κ3) is 12.9. The van der Waals surface area contributed by atoms with Crippen LogP contribution in [0.15, 0.2) is 0 Å². The Morgan fingerprint density at radius 2 is 0.588 bits per heavy atom. The monoisotopic (exact) mass is 286 g/mol. The van der Waals surface area contributed by atoms with Crippen LogP contribution in [0, 0.1) is 12.8 Å². The van der Waals surface area contributed by atoms with Crippen molar-refractivity contribution in [2.45, 2.75) is 89.9 Å². The van der Waals surface area contributed by atoms with Gasteiger partial charge in [-0.3, -0.25) is 0 Å². The van der Waals surface area contributed by atoms with Crippen molar-refractivity contribution in [2.75, 3.05) is 0 Å². The normalized spacial score (nSPS) is 22.6. The summed E-state index contributed by atoms with van der Waals surface area (Å²) in [4.78, 5) is 0. The van der Waals surface area contributed by atoms with Crippen molar-refractivity contribution in [3.05, 3.63) is 12.8 Å². The van der Waals surface area contributed by atoms with Gasteiger partial charge in [-0.1, -0.05) is 64.2 Å². The van der Waals surface area contributed by atoms with Gasteiger partial charge in [0, 0.05) is 0 Å². The minimum atomic E-state index is 0. The molecule has 1 heteroatoms. The molecule has 0 aromatic rings. The van der Waals surface area contributed by atoms with Gasteiger partial charge in [-0.2, -0.15) is 25.7 Å². The van der Waals surface area contributed by atoms with Crippen LogP contribution < -0.4 is 0 Å². The first kappa shape index (κ1) is 17.6. The molecule has 0 nitrogen and oxygen atoms in total. The van der Waals surface area contributed by atoms with Crippen molar-refractivity contribution < 1.29 is 19.5 Å². The van der Waals surface area contributed by atoms with E-state index in [2.05, 4.69) is 12.8 Å². The first-order valence-electron chi connectivity index (χ1n) is 7.63. The summed E-state index contributed by atoms with van der Waals surface area (Å²) in [6.45, 7) is 0. The van der Waals surface area contributed by atoms with Crippen LogP contribution in [0.4, 0.5) is 0 Å². The summed E-state index contributed by atoms with van der Waals surface area (Å²) in [6.07, 6.45) is 25.0. The molecule has 0 unspecified atom stereocenters. The molecule has 0 radical (unpaired) electrons. The molecule has 0 N–H and O–H groups in total. The van der Waals surface area contributed by atoms with E-state index in [1.165, 1.54) is 89.9 Å². The summed E-state index contributed by atoms with van der Waals surface area (Å²) in [5, 5.41) is 0. The van der Waals surface area contributed by atoms with Crippen molar-refractivity contribution in [3.8, 4) is 0 Å². The maximum Gasteiger partial charge on any atom is 2.00 e. The molecule has 2 rings (SSSR count). The zero-order chi connectivity index (χ0) is 11.3. The molecule has 0 spiro atoms. The summed E-state index contributed by atoms with van der Waals surface area (Å²) in [5.41, 5.74) is 0. The Morgan fingerprint density at radius 3 is 0.882 bits per heavy atom. The van der Waals surface area contributed by atoms with Gasteiger partial charge >= 0.3 is 19.5 Å². The molecule has 96 valence electrons. The standard InChI is InChI=1S/2C8H15.Zn/c2*1-2-4-6-8-7-5-3-1;/h2*1H,2-8H2;/q2*-1;+2. The van der Waals surface area contributed by atoms with E-state index >= 15 is 0 Å². The fraction of sp³-hybridized carbons (Fsp3) is 0.875. The number of rotatable bonds is 0. The van der Waals surface area contributed by atoms with Crippen LogP contribution in [-0.4, -0.2) is 0 Å². The van der Waals surface area contributed by atoms with Crippen LogP contribution in [0.1, 0.15) is 89.9 Å². The number of hydrogen-bond donors (Lipinski definition) is 0. The molecule has 0 atom stereocenters. The Morgan fingerprint density at radius 1 is 0.353 bits per heavy atom. The second-order valence-corrected chi connectivity index (χ2v) is 5.27. The summed E-state index contributed by atoms with van der Waals surface area (Å²) in [6, 6.07) is 0. The molecular weight excluding hydrogens is 258 g/mol. The summed E-state index contributed by atoms with van der Waals surface area (Å²) in [5.74, 6) is 0. The Hall–Kier alpha value is 0.623. The Kier molecular flexibility index (Phi) is 15.2. The van der Waals surface area contributed by atoms with Crippen molar-refractivity contribution in [1.82, 2.24) is 0 Å². The molecule has 0 saturated heterocycles. The molecule has 2 fully saturated rings. The molecule has 2 aliphatic carbocycles. The quantitative estimate of drug-likeness (QED) is 0.386. The molecule has 0 aromatic carbocycles. The van der Waals surface area contributed by atoms with E-state index in [-0.39, 0.29) is 19.5 Å². The Labute approximate surface area is 122 Å². The average molecular weight is 288 g/mol. The Balaban J connectivity index is 0.000000284.